The molecule has 0 saturated carbocycles. The van der Waals surface area contributed by atoms with Crippen LogP contribution in [0.25, 0.3) is 0 Å². The fourth-order valence-electron chi connectivity index (χ4n) is 6.09. The highest BCUT2D eigenvalue weighted by atomic mass is 31.2. The van der Waals surface area contributed by atoms with E-state index in [1.165, 1.54) is 109 Å². The van der Waals surface area contributed by atoms with Gasteiger partial charge in [0.05, 0.1) is 26.4 Å². The zero-order valence-electron chi connectivity index (χ0n) is 35.4. The van der Waals surface area contributed by atoms with Gasteiger partial charge in [0.1, 0.15) is 12.2 Å². The molecule has 0 radical (unpaired) electrons. The van der Waals surface area contributed by atoms with Crippen LogP contribution in [-0.4, -0.2) is 66.3 Å². The van der Waals surface area contributed by atoms with Crippen LogP contribution in [-0.2, 0) is 27.9 Å². The molecule has 55 heavy (non-hydrogen) atoms. The molecule has 0 aromatic heterocycles. The van der Waals surface area contributed by atoms with Gasteiger partial charge >= 0.3 is 13.8 Å². The van der Waals surface area contributed by atoms with E-state index in [2.05, 4.69) is 50.3 Å². The standard InChI is InChI=1S/C45H85O9P/c1-3-5-7-9-11-13-15-17-19-21-22-24-26-28-30-32-34-36-38-51-41-44(42-53-55(49,50)52-40-43(47)39-46)54-45(48)37-35-33-31-29-27-25-23-20-18-16-14-12-10-8-6-4-2/h11,13,17,19-20,23,43-44,46-47H,3-10,12,14-16,18,21-22,24-42H2,1-2H3,(H,49,50)/b13-11-,19-17-,23-20-. The molecule has 0 bridgehead atoms. The number of hydrogen-bond donors (Lipinski definition) is 3. The molecule has 0 fully saturated rings. The maximum Gasteiger partial charge on any atom is 0.472 e. The molecular weight excluding hydrogens is 715 g/mol. The highest BCUT2D eigenvalue weighted by Crippen LogP contribution is 2.43. The first-order valence-corrected chi connectivity index (χ1v) is 24.0. The summed E-state index contributed by atoms with van der Waals surface area (Å²) in [6, 6.07) is 0. The van der Waals surface area contributed by atoms with Gasteiger partial charge in [0, 0.05) is 13.0 Å². The third-order valence-corrected chi connectivity index (χ3v) is 10.5. The summed E-state index contributed by atoms with van der Waals surface area (Å²) in [4.78, 5) is 22.6. The zero-order valence-corrected chi connectivity index (χ0v) is 36.3. The van der Waals surface area contributed by atoms with Crippen LogP contribution in [0.15, 0.2) is 36.5 Å². The second-order valence-corrected chi connectivity index (χ2v) is 16.5. The topological polar surface area (TPSA) is 132 Å². The molecule has 3 unspecified atom stereocenters. The number of unbranched alkanes of at least 4 members (excludes halogenated alkanes) is 23. The number of rotatable bonds is 43. The molecule has 0 aromatic rings. The molecule has 3 N–H and O–H groups in total. The van der Waals surface area contributed by atoms with Crippen molar-refractivity contribution in [2.75, 3.05) is 33.0 Å². The summed E-state index contributed by atoms with van der Waals surface area (Å²) in [5, 5.41) is 18.4. The van der Waals surface area contributed by atoms with E-state index in [1.54, 1.807) is 0 Å². The van der Waals surface area contributed by atoms with Crippen molar-refractivity contribution in [1.82, 2.24) is 0 Å². The maximum atomic E-state index is 12.6. The van der Waals surface area contributed by atoms with Crippen molar-refractivity contribution < 1.29 is 43.0 Å². The number of carbonyl (C=O) groups excluding carboxylic acids is 1. The minimum Gasteiger partial charge on any atom is -0.457 e. The third-order valence-electron chi connectivity index (χ3n) is 9.55. The Balaban J connectivity index is 4.17. The van der Waals surface area contributed by atoms with E-state index >= 15 is 0 Å². The van der Waals surface area contributed by atoms with E-state index in [4.69, 9.17) is 23.6 Å². The van der Waals surface area contributed by atoms with Gasteiger partial charge in [0.25, 0.3) is 0 Å². The van der Waals surface area contributed by atoms with E-state index in [0.717, 1.165) is 70.6 Å². The lowest BCUT2D eigenvalue weighted by atomic mass is 10.1. The van der Waals surface area contributed by atoms with Crippen molar-refractivity contribution in [3.05, 3.63) is 36.5 Å². The third kappa shape index (κ3) is 42.1. The summed E-state index contributed by atoms with van der Waals surface area (Å²) in [5.74, 6) is -0.392. The normalized spacial score (nSPS) is 14.3. The van der Waals surface area contributed by atoms with Gasteiger partial charge in [-0.25, -0.2) is 4.57 Å². The number of esters is 1. The number of aliphatic hydroxyl groups is 2. The highest BCUT2D eigenvalue weighted by Gasteiger charge is 2.26. The van der Waals surface area contributed by atoms with Crippen LogP contribution in [0.1, 0.15) is 200 Å². The lowest BCUT2D eigenvalue weighted by Gasteiger charge is -2.20. The molecular formula is C45H85O9P. The van der Waals surface area contributed by atoms with E-state index in [-0.39, 0.29) is 19.6 Å². The lowest BCUT2D eigenvalue weighted by molar-refractivity contribution is -0.154. The van der Waals surface area contributed by atoms with Crippen molar-refractivity contribution in [2.24, 2.45) is 0 Å². The fourth-order valence-corrected chi connectivity index (χ4v) is 6.88. The number of phosphoric acid groups is 1. The summed E-state index contributed by atoms with van der Waals surface area (Å²) in [7, 11) is -4.52. The summed E-state index contributed by atoms with van der Waals surface area (Å²) in [5.41, 5.74) is 0. The van der Waals surface area contributed by atoms with Gasteiger partial charge in [-0.05, 0) is 70.6 Å². The second-order valence-electron chi connectivity index (χ2n) is 15.1. The number of hydrogen-bond acceptors (Lipinski definition) is 8. The number of allylic oxidation sites excluding steroid dienone is 6. The largest absolute Gasteiger partial charge is 0.472 e. The number of carbonyl (C=O) groups is 1. The van der Waals surface area contributed by atoms with E-state index in [1.807, 2.05) is 0 Å². The van der Waals surface area contributed by atoms with E-state index < -0.39 is 39.2 Å². The molecule has 3 atom stereocenters. The lowest BCUT2D eigenvalue weighted by Crippen LogP contribution is -2.29. The van der Waals surface area contributed by atoms with Gasteiger partial charge < -0.3 is 24.6 Å². The molecule has 9 nitrogen and oxygen atoms in total. The van der Waals surface area contributed by atoms with Crippen LogP contribution in [0.4, 0.5) is 0 Å². The molecule has 324 valence electrons. The Morgan fingerprint density at radius 3 is 1.51 bits per heavy atom. The minimum absolute atomic E-state index is 0.0428. The molecule has 0 amide bonds. The average molecular weight is 801 g/mol. The van der Waals surface area contributed by atoms with Crippen molar-refractivity contribution in [3.63, 3.8) is 0 Å². The number of phosphoric ester groups is 1. The molecule has 0 aliphatic carbocycles. The van der Waals surface area contributed by atoms with Gasteiger partial charge in [-0.2, -0.15) is 0 Å². The van der Waals surface area contributed by atoms with Crippen LogP contribution in [0, 0.1) is 0 Å². The number of aliphatic hydroxyl groups excluding tert-OH is 2. The predicted molar refractivity (Wildman–Crippen MR) is 228 cm³/mol. The smallest absolute Gasteiger partial charge is 0.457 e. The summed E-state index contributed by atoms with van der Waals surface area (Å²) in [6.45, 7) is 3.48. The van der Waals surface area contributed by atoms with Crippen molar-refractivity contribution in [3.8, 4) is 0 Å². The van der Waals surface area contributed by atoms with Crippen molar-refractivity contribution in [1.29, 1.82) is 0 Å². The summed E-state index contributed by atoms with van der Waals surface area (Å²) in [6.07, 6.45) is 45.2. The summed E-state index contributed by atoms with van der Waals surface area (Å²) < 4.78 is 33.4. The molecule has 0 aromatic carbocycles. The highest BCUT2D eigenvalue weighted by molar-refractivity contribution is 7.47. The molecule has 0 aliphatic heterocycles. The number of ether oxygens (including phenoxy) is 2. The first kappa shape index (κ1) is 53.7. The van der Waals surface area contributed by atoms with Crippen LogP contribution in [0.2, 0.25) is 0 Å². The second kappa shape index (κ2) is 42.3. The van der Waals surface area contributed by atoms with Gasteiger partial charge in [-0.3, -0.25) is 13.8 Å². The monoisotopic (exact) mass is 801 g/mol. The first-order valence-electron chi connectivity index (χ1n) is 22.5. The molecule has 0 aliphatic rings. The average Bonchev–Trinajstić information content (AvgIpc) is 3.18. The Hall–Kier alpha value is -1.32. The summed E-state index contributed by atoms with van der Waals surface area (Å²) >= 11 is 0. The van der Waals surface area contributed by atoms with Gasteiger partial charge in [-0.15, -0.1) is 0 Å². The molecule has 0 spiro atoms. The Bertz CT molecular complexity index is 955. The predicted octanol–water partition coefficient (Wildman–Crippen LogP) is 12.4. The van der Waals surface area contributed by atoms with E-state index in [0.29, 0.717) is 6.61 Å². The minimum atomic E-state index is -4.52. The van der Waals surface area contributed by atoms with Gasteiger partial charge in [0.15, 0.2) is 0 Å². The van der Waals surface area contributed by atoms with Gasteiger partial charge in [0.2, 0.25) is 0 Å². The van der Waals surface area contributed by atoms with Crippen LogP contribution >= 0.6 is 7.82 Å². The quantitative estimate of drug-likeness (QED) is 0.0239. The maximum absolute atomic E-state index is 12.6. The molecule has 0 heterocycles. The Kier molecular flexibility index (Phi) is 41.3. The Morgan fingerprint density at radius 1 is 0.564 bits per heavy atom. The molecule has 10 heteroatoms. The van der Waals surface area contributed by atoms with Crippen molar-refractivity contribution >= 4 is 13.8 Å². The van der Waals surface area contributed by atoms with Crippen LogP contribution < -0.4 is 0 Å². The zero-order chi connectivity index (χ0) is 40.3. The van der Waals surface area contributed by atoms with Crippen LogP contribution in [0.5, 0.6) is 0 Å². The first-order chi connectivity index (χ1) is 26.8. The van der Waals surface area contributed by atoms with Gasteiger partial charge in [-0.1, -0.05) is 159 Å². The molecule has 0 saturated heterocycles. The van der Waals surface area contributed by atoms with Crippen LogP contribution in [0.3, 0.4) is 0 Å². The molecule has 0 rings (SSSR count). The van der Waals surface area contributed by atoms with Crippen molar-refractivity contribution in [2.45, 2.75) is 212 Å². The Morgan fingerprint density at radius 2 is 0.982 bits per heavy atom. The van der Waals surface area contributed by atoms with E-state index in [9.17, 15) is 19.4 Å². The SMILES string of the molecule is CCCCC/C=C\C/C=C\CCCCCCCCCCOCC(COP(=O)(O)OCC(O)CO)OC(=O)CCCCCCC/C=C\CCCCCCCCC. The fraction of sp³-hybridized carbons (Fsp3) is 0.844. The Labute approximate surface area is 337 Å².